The summed E-state index contributed by atoms with van der Waals surface area (Å²) in [6.45, 7) is 5.14. The normalized spacial score (nSPS) is 24.3. The van der Waals surface area contributed by atoms with E-state index in [1.165, 1.54) is 51.6 Å². The number of amides is 1. The second kappa shape index (κ2) is 7.27. The van der Waals surface area contributed by atoms with Gasteiger partial charge in [0.15, 0.2) is 6.39 Å². The summed E-state index contributed by atoms with van der Waals surface area (Å²) in [4.78, 5) is 18.8. The lowest BCUT2D eigenvalue weighted by atomic mass is 9.88. The third kappa shape index (κ3) is 3.88. The number of nitrogens with zero attached hydrogens (tertiary/aromatic N) is 2. The molecule has 1 unspecified atom stereocenters. The number of aromatic nitrogens is 1. The molecule has 0 spiro atoms. The molecule has 5 heteroatoms. The van der Waals surface area contributed by atoms with Crippen LogP contribution in [0.5, 0.6) is 0 Å². The Kier molecular flexibility index (Phi) is 5.13. The third-order valence-corrected chi connectivity index (χ3v) is 5.03. The number of oxazole rings is 1. The van der Waals surface area contributed by atoms with Crippen molar-refractivity contribution in [3.8, 4) is 0 Å². The minimum Gasteiger partial charge on any atom is -0.438 e. The van der Waals surface area contributed by atoms with E-state index >= 15 is 0 Å². The van der Waals surface area contributed by atoms with Crippen LogP contribution < -0.4 is 5.32 Å². The highest BCUT2D eigenvalue weighted by Crippen LogP contribution is 2.25. The van der Waals surface area contributed by atoms with E-state index in [9.17, 15) is 4.79 Å². The monoisotopic (exact) mass is 305 g/mol. The van der Waals surface area contributed by atoms with E-state index in [0.717, 1.165) is 25.3 Å². The van der Waals surface area contributed by atoms with Gasteiger partial charge in [0.1, 0.15) is 0 Å². The van der Waals surface area contributed by atoms with Crippen LogP contribution in [0.1, 0.15) is 61.2 Å². The maximum atomic E-state index is 12.2. The van der Waals surface area contributed by atoms with Gasteiger partial charge < -0.3 is 14.6 Å². The quantitative estimate of drug-likeness (QED) is 0.929. The number of aryl methyl sites for hydroxylation is 1. The van der Waals surface area contributed by atoms with Crippen LogP contribution in [0.15, 0.2) is 10.8 Å². The highest BCUT2D eigenvalue weighted by atomic mass is 16.3. The molecule has 1 saturated heterocycles. The Morgan fingerprint density at radius 2 is 2.14 bits per heavy atom. The number of carbonyl (C=O) groups excluding carboxylic acids is 1. The Morgan fingerprint density at radius 3 is 2.86 bits per heavy atom. The zero-order valence-electron chi connectivity index (χ0n) is 13.5. The molecule has 3 rings (SSSR count). The van der Waals surface area contributed by atoms with Crippen LogP contribution in [0, 0.1) is 12.8 Å². The number of rotatable bonds is 4. The van der Waals surface area contributed by atoms with E-state index in [1.54, 1.807) is 6.92 Å². The molecular weight excluding hydrogens is 278 g/mol. The average molecular weight is 305 g/mol. The smallest absolute Gasteiger partial charge is 0.289 e. The molecule has 0 radical (unpaired) electrons. The van der Waals surface area contributed by atoms with E-state index < -0.39 is 0 Å². The summed E-state index contributed by atoms with van der Waals surface area (Å²) in [5, 5.41) is 3.11. The number of nitrogens with one attached hydrogen (secondary N) is 1. The van der Waals surface area contributed by atoms with Crippen molar-refractivity contribution in [2.24, 2.45) is 5.92 Å². The summed E-state index contributed by atoms with van der Waals surface area (Å²) in [5.74, 6) is 1.09. The fraction of sp³-hybridized carbons (Fsp3) is 0.765. The minimum atomic E-state index is -0.125. The molecule has 1 amide bonds. The lowest BCUT2D eigenvalue weighted by Crippen LogP contribution is -2.49. The van der Waals surface area contributed by atoms with Gasteiger partial charge in [-0.05, 0) is 45.1 Å². The maximum absolute atomic E-state index is 12.2. The molecule has 0 aromatic carbocycles. The first-order chi connectivity index (χ1) is 10.7. The molecule has 2 fully saturated rings. The zero-order valence-corrected chi connectivity index (χ0v) is 13.5. The molecule has 1 atom stereocenters. The van der Waals surface area contributed by atoms with Crippen molar-refractivity contribution in [2.45, 2.75) is 57.9 Å². The molecular formula is C17H27N3O2. The number of carbonyl (C=O) groups is 1. The molecule has 2 aliphatic rings. The van der Waals surface area contributed by atoms with Crippen LogP contribution in [0.25, 0.3) is 0 Å². The Balaban J connectivity index is 1.50. The SMILES string of the molecule is Cc1ncoc1C(=O)NC1CCCN(CC2CCCCC2)C1. The number of piperidine rings is 1. The van der Waals surface area contributed by atoms with Gasteiger partial charge >= 0.3 is 0 Å². The third-order valence-electron chi connectivity index (χ3n) is 5.03. The number of hydrogen-bond donors (Lipinski definition) is 1. The van der Waals surface area contributed by atoms with Gasteiger partial charge in [0.2, 0.25) is 5.76 Å². The first kappa shape index (κ1) is 15.5. The Morgan fingerprint density at radius 1 is 1.32 bits per heavy atom. The molecule has 1 aromatic rings. The maximum Gasteiger partial charge on any atom is 0.289 e. The van der Waals surface area contributed by atoms with Gasteiger partial charge in [0, 0.05) is 19.1 Å². The molecule has 5 nitrogen and oxygen atoms in total. The Bertz CT molecular complexity index is 494. The van der Waals surface area contributed by atoms with Gasteiger partial charge in [0.05, 0.1) is 5.69 Å². The summed E-state index contributed by atoms with van der Waals surface area (Å²) < 4.78 is 5.18. The van der Waals surface area contributed by atoms with Gasteiger partial charge in [-0.25, -0.2) is 4.98 Å². The van der Waals surface area contributed by atoms with Crippen LogP contribution in [0.3, 0.4) is 0 Å². The lowest BCUT2D eigenvalue weighted by molar-refractivity contribution is 0.0862. The van der Waals surface area contributed by atoms with E-state index in [1.807, 2.05) is 0 Å². The van der Waals surface area contributed by atoms with Crippen molar-refractivity contribution in [2.75, 3.05) is 19.6 Å². The zero-order chi connectivity index (χ0) is 15.4. The molecule has 122 valence electrons. The van der Waals surface area contributed by atoms with Crippen LogP contribution in [0.4, 0.5) is 0 Å². The van der Waals surface area contributed by atoms with Crippen molar-refractivity contribution in [3.05, 3.63) is 17.8 Å². The van der Waals surface area contributed by atoms with Crippen LogP contribution in [0.2, 0.25) is 0 Å². The van der Waals surface area contributed by atoms with Gasteiger partial charge in [-0.15, -0.1) is 0 Å². The van der Waals surface area contributed by atoms with E-state index in [0.29, 0.717) is 11.5 Å². The van der Waals surface area contributed by atoms with Gasteiger partial charge in [0.25, 0.3) is 5.91 Å². The fourth-order valence-electron chi connectivity index (χ4n) is 3.84. The Hall–Kier alpha value is -1.36. The molecule has 1 aliphatic carbocycles. The number of hydrogen-bond acceptors (Lipinski definition) is 4. The second-order valence-electron chi connectivity index (χ2n) is 6.84. The number of likely N-dealkylation sites (tertiary alicyclic amines) is 1. The second-order valence-corrected chi connectivity index (χ2v) is 6.84. The lowest BCUT2D eigenvalue weighted by Gasteiger charge is -2.36. The summed E-state index contributed by atoms with van der Waals surface area (Å²) in [7, 11) is 0. The van der Waals surface area contributed by atoms with Gasteiger partial charge in [-0.1, -0.05) is 19.3 Å². The van der Waals surface area contributed by atoms with E-state index in [2.05, 4.69) is 15.2 Å². The summed E-state index contributed by atoms with van der Waals surface area (Å²) in [5.41, 5.74) is 0.660. The predicted molar refractivity (Wildman–Crippen MR) is 84.7 cm³/mol. The van der Waals surface area contributed by atoms with Crippen LogP contribution in [-0.4, -0.2) is 41.5 Å². The molecule has 0 bridgehead atoms. The fourth-order valence-corrected chi connectivity index (χ4v) is 3.84. The standard InChI is InChI=1S/C17H27N3O2/c1-13-16(22-12-18-13)17(21)19-15-8-5-9-20(11-15)10-14-6-3-2-4-7-14/h12,14-15H,2-11H2,1H3,(H,19,21). The predicted octanol–water partition coefficient (Wildman–Crippen LogP) is 2.76. The highest BCUT2D eigenvalue weighted by molar-refractivity contribution is 5.92. The average Bonchev–Trinajstić information content (AvgIpc) is 2.95. The summed E-state index contributed by atoms with van der Waals surface area (Å²) in [6, 6.07) is 0.231. The van der Waals surface area contributed by atoms with Crippen molar-refractivity contribution < 1.29 is 9.21 Å². The topological polar surface area (TPSA) is 58.4 Å². The largest absolute Gasteiger partial charge is 0.438 e. The van der Waals surface area contributed by atoms with Gasteiger partial charge in [-0.2, -0.15) is 0 Å². The van der Waals surface area contributed by atoms with Crippen molar-refractivity contribution in [1.29, 1.82) is 0 Å². The van der Waals surface area contributed by atoms with Crippen LogP contribution in [-0.2, 0) is 0 Å². The van der Waals surface area contributed by atoms with Crippen molar-refractivity contribution in [3.63, 3.8) is 0 Å². The van der Waals surface area contributed by atoms with E-state index in [-0.39, 0.29) is 11.9 Å². The highest BCUT2D eigenvalue weighted by Gasteiger charge is 2.25. The first-order valence-corrected chi connectivity index (χ1v) is 8.65. The molecule has 1 aromatic heterocycles. The molecule has 1 N–H and O–H groups in total. The molecule has 2 heterocycles. The minimum absolute atomic E-state index is 0.125. The van der Waals surface area contributed by atoms with Gasteiger partial charge in [-0.3, -0.25) is 4.79 Å². The molecule has 1 saturated carbocycles. The first-order valence-electron chi connectivity index (χ1n) is 8.65. The van der Waals surface area contributed by atoms with Crippen molar-refractivity contribution in [1.82, 2.24) is 15.2 Å². The van der Waals surface area contributed by atoms with E-state index in [4.69, 9.17) is 4.42 Å². The van der Waals surface area contributed by atoms with Crippen molar-refractivity contribution >= 4 is 5.91 Å². The summed E-state index contributed by atoms with van der Waals surface area (Å²) >= 11 is 0. The van der Waals surface area contributed by atoms with Crippen LogP contribution >= 0.6 is 0 Å². The summed E-state index contributed by atoms with van der Waals surface area (Å²) in [6.07, 6.45) is 10.5. The molecule has 22 heavy (non-hydrogen) atoms. The Labute approximate surface area is 132 Å². The molecule has 1 aliphatic heterocycles.